The van der Waals surface area contributed by atoms with Crippen molar-refractivity contribution in [2.24, 2.45) is 0 Å². The van der Waals surface area contributed by atoms with E-state index in [0.717, 1.165) is 28.2 Å². The number of amides is 2. The molecule has 0 saturated carbocycles. The predicted octanol–water partition coefficient (Wildman–Crippen LogP) is 2.99. The minimum Gasteiger partial charge on any atom is -0.336 e. The van der Waals surface area contributed by atoms with E-state index in [1.807, 2.05) is 37.4 Å². The normalized spacial score (nSPS) is 16.1. The molecule has 1 N–H and O–H groups in total. The number of nitrogens with zero attached hydrogens (tertiary/aromatic N) is 1. The molecule has 1 fully saturated rings. The van der Waals surface area contributed by atoms with Crippen molar-refractivity contribution in [1.82, 2.24) is 9.88 Å². The van der Waals surface area contributed by atoms with Crippen LogP contribution in [0.2, 0.25) is 0 Å². The topological polar surface area (TPSA) is 51.1 Å². The van der Waals surface area contributed by atoms with Crippen LogP contribution in [0.4, 0.5) is 4.79 Å². The number of rotatable bonds is 2. The largest absolute Gasteiger partial charge is 0.336 e. The Hall–Kier alpha value is -2.45. The highest BCUT2D eigenvalue weighted by Gasteiger charge is 2.25. The summed E-state index contributed by atoms with van der Waals surface area (Å²) in [5.74, 6) is 5.58. The number of aromatic nitrogens is 1. The average Bonchev–Trinajstić information content (AvgIpc) is 3.01. The van der Waals surface area contributed by atoms with E-state index in [1.54, 1.807) is 6.08 Å². The molecule has 2 aromatic rings. The van der Waals surface area contributed by atoms with Gasteiger partial charge in [0.2, 0.25) is 0 Å². The van der Waals surface area contributed by atoms with Gasteiger partial charge in [-0.2, -0.15) is 0 Å². The van der Waals surface area contributed by atoms with Gasteiger partial charge in [0.25, 0.3) is 11.1 Å². The average molecular weight is 296 g/mol. The van der Waals surface area contributed by atoms with Crippen LogP contribution in [0.15, 0.2) is 35.4 Å². The molecule has 3 rings (SSSR count). The first-order valence-electron chi connectivity index (χ1n) is 6.41. The number of thioether (sulfide) groups is 1. The number of carbonyl (C=O) groups excluding carboxylic acids is 2. The van der Waals surface area contributed by atoms with Gasteiger partial charge in [0.1, 0.15) is 0 Å². The number of hydrogen-bond acceptors (Lipinski definition) is 3. The maximum atomic E-state index is 11.6. The summed E-state index contributed by atoms with van der Waals surface area (Å²) < 4.78 is 2.06. The lowest BCUT2D eigenvalue weighted by Crippen LogP contribution is -2.17. The molecular weight excluding hydrogens is 284 g/mol. The predicted molar refractivity (Wildman–Crippen MR) is 84.5 cm³/mol. The molecular formula is C16H12N2O2S. The van der Waals surface area contributed by atoms with Crippen LogP contribution < -0.4 is 5.32 Å². The Labute approximate surface area is 126 Å². The highest BCUT2D eigenvalue weighted by Crippen LogP contribution is 2.28. The molecule has 4 nitrogen and oxygen atoms in total. The molecule has 0 bridgehead atoms. The molecule has 0 spiro atoms. The van der Waals surface area contributed by atoms with Crippen LogP contribution in [0.3, 0.4) is 0 Å². The molecule has 5 heteroatoms. The van der Waals surface area contributed by atoms with Crippen molar-refractivity contribution in [2.45, 2.75) is 13.5 Å². The number of carbonyl (C=O) groups is 2. The van der Waals surface area contributed by atoms with Gasteiger partial charge >= 0.3 is 0 Å². The Balaban J connectivity index is 2.05. The van der Waals surface area contributed by atoms with Crippen molar-refractivity contribution >= 4 is 39.9 Å². The van der Waals surface area contributed by atoms with Crippen molar-refractivity contribution in [3.05, 3.63) is 40.9 Å². The fourth-order valence-electron chi connectivity index (χ4n) is 2.24. The van der Waals surface area contributed by atoms with E-state index in [0.29, 0.717) is 11.4 Å². The molecule has 1 aliphatic heterocycles. The smallest absolute Gasteiger partial charge is 0.290 e. The monoisotopic (exact) mass is 296 g/mol. The molecule has 0 unspecified atom stereocenters. The van der Waals surface area contributed by atoms with Gasteiger partial charge in [-0.3, -0.25) is 14.9 Å². The lowest BCUT2D eigenvalue weighted by Gasteiger charge is -2.02. The van der Waals surface area contributed by atoms with Gasteiger partial charge < -0.3 is 4.57 Å². The Morgan fingerprint density at radius 2 is 2.19 bits per heavy atom. The quantitative estimate of drug-likeness (QED) is 0.684. The summed E-state index contributed by atoms with van der Waals surface area (Å²) in [5.41, 5.74) is 1.98. The highest BCUT2D eigenvalue weighted by molar-refractivity contribution is 8.18. The van der Waals surface area contributed by atoms with Gasteiger partial charge in [0, 0.05) is 17.1 Å². The Kier molecular flexibility index (Phi) is 3.55. The van der Waals surface area contributed by atoms with Crippen molar-refractivity contribution in [1.29, 1.82) is 0 Å². The van der Waals surface area contributed by atoms with Crippen LogP contribution in [-0.2, 0) is 11.3 Å². The molecule has 1 aliphatic rings. The maximum Gasteiger partial charge on any atom is 0.290 e. The van der Waals surface area contributed by atoms with Gasteiger partial charge in [-0.15, -0.1) is 5.92 Å². The zero-order chi connectivity index (χ0) is 14.8. The van der Waals surface area contributed by atoms with E-state index in [2.05, 4.69) is 21.7 Å². The number of nitrogens with one attached hydrogen (secondary N) is 1. The summed E-state index contributed by atoms with van der Waals surface area (Å²) in [6, 6.07) is 7.88. The molecule has 21 heavy (non-hydrogen) atoms. The molecule has 0 radical (unpaired) electrons. The molecule has 0 aliphatic carbocycles. The van der Waals surface area contributed by atoms with Crippen molar-refractivity contribution in [3.63, 3.8) is 0 Å². The first kappa shape index (κ1) is 13.5. The second-order valence-electron chi connectivity index (χ2n) is 4.50. The molecule has 104 valence electrons. The Bertz CT molecular complexity index is 837. The first-order valence-corrected chi connectivity index (χ1v) is 7.23. The number of imide groups is 1. The van der Waals surface area contributed by atoms with Gasteiger partial charge in [0.15, 0.2) is 0 Å². The molecule has 2 amide bonds. The van der Waals surface area contributed by atoms with E-state index >= 15 is 0 Å². The van der Waals surface area contributed by atoms with E-state index in [4.69, 9.17) is 0 Å². The van der Waals surface area contributed by atoms with E-state index in [1.165, 1.54) is 0 Å². The minimum absolute atomic E-state index is 0.325. The van der Waals surface area contributed by atoms with Crippen LogP contribution in [0, 0.1) is 11.8 Å². The fourth-order valence-corrected chi connectivity index (χ4v) is 2.91. The van der Waals surface area contributed by atoms with Crippen LogP contribution >= 0.6 is 11.8 Å². The van der Waals surface area contributed by atoms with Crippen LogP contribution in [0.25, 0.3) is 17.0 Å². The summed E-state index contributed by atoms with van der Waals surface area (Å²) in [6.07, 6.45) is 3.73. The second-order valence-corrected chi connectivity index (χ2v) is 5.52. The van der Waals surface area contributed by atoms with Gasteiger partial charge in [0.05, 0.1) is 11.4 Å². The summed E-state index contributed by atoms with van der Waals surface area (Å²) >= 11 is 0.930. The van der Waals surface area contributed by atoms with Crippen LogP contribution in [-0.4, -0.2) is 15.7 Å². The lowest BCUT2D eigenvalue weighted by molar-refractivity contribution is -0.115. The molecule has 2 heterocycles. The van der Waals surface area contributed by atoms with Gasteiger partial charge in [-0.25, -0.2) is 0 Å². The maximum absolute atomic E-state index is 11.6. The Morgan fingerprint density at radius 1 is 1.33 bits per heavy atom. The standard InChI is InChI=1S/C16H12N2O2S/c1-2-3-8-18-9-7-12-11(5-4-6-13(12)18)10-14-15(19)17-16(20)21-14/h4-7,9-10H,8H2,1H3,(H,17,19,20). The summed E-state index contributed by atoms with van der Waals surface area (Å²) in [7, 11) is 0. The van der Waals surface area contributed by atoms with Gasteiger partial charge in [-0.1, -0.05) is 18.1 Å². The number of benzene rings is 1. The number of fused-ring (bicyclic) bond motifs is 1. The Morgan fingerprint density at radius 3 is 2.90 bits per heavy atom. The van der Waals surface area contributed by atoms with E-state index in [-0.39, 0.29) is 11.1 Å². The third kappa shape index (κ3) is 2.58. The minimum atomic E-state index is -0.335. The van der Waals surface area contributed by atoms with Gasteiger partial charge in [-0.05, 0) is 42.5 Å². The summed E-state index contributed by atoms with van der Waals surface area (Å²) in [4.78, 5) is 23.3. The van der Waals surface area contributed by atoms with Crippen molar-refractivity contribution < 1.29 is 9.59 Å². The highest BCUT2D eigenvalue weighted by atomic mass is 32.2. The summed E-state index contributed by atoms with van der Waals surface area (Å²) in [5, 5.41) is 2.97. The first-order chi connectivity index (χ1) is 10.2. The zero-order valence-corrected chi connectivity index (χ0v) is 12.2. The third-order valence-electron chi connectivity index (χ3n) is 3.20. The van der Waals surface area contributed by atoms with Crippen LogP contribution in [0.5, 0.6) is 0 Å². The third-order valence-corrected chi connectivity index (χ3v) is 4.01. The molecule has 1 aromatic carbocycles. The van der Waals surface area contributed by atoms with E-state index < -0.39 is 0 Å². The van der Waals surface area contributed by atoms with Crippen LogP contribution in [0.1, 0.15) is 12.5 Å². The van der Waals surface area contributed by atoms with Crippen molar-refractivity contribution in [3.8, 4) is 11.8 Å². The van der Waals surface area contributed by atoms with E-state index in [9.17, 15) is 9.59 Å². The SMILES string of the molecule is CC#CCn1ccc2c(C=C3SC(=O)NC3=O)cccc21. The number of hydrogen-bond donors (Lipinski definition) is 1. The zero-order valence-electron chi connectivity index (χ0n) is 11.3. The molecule has 1 aromatic heterocycles. The summed E-state index contributed by atoms with van der Waals surface area (Å²) in [6.45, 7) is 2.45. The second kappa shape index (κ2) is 5.51. The molecule has 0 atom stereocenters. The fraction of sp³-hybridized carbons (Fsp3) is 0.125. The van der Waals surface area contributed by atoms with Crippen molar-refractivity contribution in [2.75, 3.05) is 0 Å². The molecule has 1 saturated heterocycles. The lowest BCUT2D eigenvalue weighted by atomic mass is 10.1.